The molecule has 2 aliphatic heterocycles. The number of anilines is 6. The molecule has 0 saturated heterocycles. The summed E-state index contributed by atoms with van der Waals surface area (Å²) in [5, 5.41) is 0. The van der Waals surface area contributed by atoms with Gasteiger partial charge in [0.15, 0.2) is 0 Å². The third-order valence-electron chi connectivity index (χ3n) is 10.3. The van der Waals surface area contributed by atoms with Gasteiger partial charge in [-0.2, -0.15) is 0 Å². The maximum Gasteiger partial charge on any atom is 0.252 e. The van der Waals surface area contributed by atoms with Crippen LogP contribution in [0.1, 0.15) is 54.5 Å². The van der Waals surface area contributed by atoms with Gasteiger partial charge in [-0.3, -0.25) is 0 Å². The van der Waals surface area contributed by atoms with Crippen LogP contribution >= 0.6 is 0 Å². The van der Waals surface area contributed by atoms with Gasteiger partial charge in [0.2, 0.25) is 0 Å². The summed E-state index contributed by atoms with van der Waals surface area (Å²) < 4.78 is 0. The Hall–Kier alpha value is -5.02. The van der Waals surface area contributed by atoms with Gasteiger partial charge in [0.25, 0.3) is 6.71 Å². The van der Waals surface area contributed by atoms with Gasteiger partial charge in [-0.15, -0.1) is 0 Å². The Balaban J connectivity index is 1.42. The summed E-state index contributed by atoms with van der Waals surface area (Å²) in [6.07, 6.45) is 4.55. The van der Waals surface area contributed by atoms with Gasteiger partial charge in [0.1, 0.15) is 0 Å². The zero-order chi connectivity index (χ0) is 32.9. The summed E-state index contributed by atoms with van der Waals surface area (Å²) in [6.45, 7) is 11.4. The van der Waals surface area contributed by atoms with Gasteiger partial charge in [0, 0.05) is 34.0 Å². The van der Waals surface area contributed by atoms with Crippen LogP contribution in [-0.4, -0.2) is 6.71 Å². The number of hydrogen-bond donors (Lipinski definition) is 0. The maximum absolute atomic E-state index is 2.56. The van der Waals surface area contributed by atoms with Crippen LogP contribution in [0.3, 0.4) is 0 Å². The minimum Gasteiger partial charge on any atom is -0.311 e. The molecule has 0 aromatic heterocycles. The van der Waals surface area contributed by atoms with Crippen molar-refractivity contribution in [2.75, 3.05) is 9.80 Å². The number of benzene rings is 6. The second-order valence-corrected chi connectivity index (χ2v) is 13.8. The average Bonchev–Trinajstić information content (AvgIpc) is 3.11. The Kier molecular flexibility index (Phi) is 7.72. The number of aryl methyl sites for hydroxylation is 5. The summed E-state index contributed by atoms with van der Waals surface area (Å²) in [5.74, 6) is 0. The topological polar surface area (TPSA) is 6.48 Å². The van der Waals surface area contributed by atoms with E-state index in [1.165, 1.54) is 102 Å². The Labute approximate surface area is 286 Å². The second-order valence-electron chi connectivity index (χ2n) is 13.8. The maximum atomic E-state index is 2.56. The number of fused-ring (bicyclic) bond motifs is 4. The summed E-state index contributed by atoms with van der Waals surface area (Å²) in [4.78, 5) is 5.09. The molecule has 236 valence electrons. The van der Waals surface area contributed by atoms with Crippen molar-refractivity contribution < 1.29 is 0 Å². The molecular formula is C45H43BN2. The summed E-state index contributed by atoms with van der Waals surface area (Å²) in [6, 6.07) is 46.3. The predicted octanol–water partition coefficient (Wildman–Crippen LogP) is 10.3. The third-order valence-corrected chi connectivity index (χ3v) is 10.3. The molecule has 0 unspecified atom stereocenters. The quantitative estimate of drug-likeness (QED) is 0.163. The number of nitrogens with zero attached hydrogens (tertiary/aromatic N) is 2. The highest BCUT2D eigenvalue weighted by atomic mass is 15.2. The predicted molar refractivity (Wildman–Crippen MR) is 208 cm³/mol. The molecule has 48 heavy (non-hydrogen) atoms. The van der Waals surface area contributed by atoms with E-state index in [1.54, 1.807) is 0 Å². The zero-order valence-corrected chi connectivity index (χ0v) is 28.8. The molecule has 6 aromatic rings. The first-order valence-corrected chi connectivity index (χ1v) is 17.7. The highest BCUT2D eigenvalue weighted by Gasteiger charge is 2.43. The van der Waals surface area contributed by atoms with Gasteiger partial charge in [-0.25, -0.2) is 0 Å². The molecule has 0 saturated carbocycles. The second kappa shape index (κ2) is 12.2. The van der Waals surface area contributed by atoms with E-state index in [2.05, 4.69) is 166 Å². The van der Waals surface area contributed by atoms with Crippen LogP contribution in [0.15, 0.2) is 121 Å². The van der Waals surface area contributed by atoms with Crippen molar-refractivity contribution in [3.8, 4) is 11.1 Å². The molecule has 2 nitrogen and oxygen atoms in total. The summed E-state index contributed by atoms with van der Waals surface area (Å²) in [5.41, 5.74) is 20.7. The minimum absolute atomic E-state index is 0.131. The normalized spacial score (nSPS) is 12.9. The van der Waals surface area contributed by atoms with Crippen LogP contribution in [-0.2, 0) is 12.8 Å². The molecule has 3 heteroatoms. The highest BCUT2D eigenvalue weighted by molar-refractivity contribution is 7.00. The van der Waals surface area contributed by atoms with E-state index in [0.29, 0.717) is 0 Å². The Morgan fingerprint density at radius 2 is 1.12 bits per heavy atom. The molecule has 0 radical (unpaired) electrons. The molecule has 0 aliphatic carbocycles. The van der Waals surface area contributed by atoms with Gasteiger partial charge in [0.05, 0.1) is 5.69 Å². The fourth-order valence-corrected chi connectivity index (χ4v) is 7.96. The lowest BCUT2D eigenvalue weighted by atomic mass is 9.33. The number of hydrogen-bond acceptors (Lipinski definition) is 2. The van der Waals surface area contributed by atoms with E-state index in [4.69, 9.17) is 0 Å². The Morgan fingerprint density at radius 3 is 1.77 bits per heavy atom. The lowest BCUT2D eigenvalue weighted by molar-refractivity contribution is 0.795. The summed E-state index contributed by atoms with van der Waals surface area (Å²) in [7, 11) is 0. The van der Waals surface area contributed by atoms with E-state index in [1.807, 2.05) is 0 Å². The van der Waals surface area contributed by atoms with E-state index in [0.717, 1.165) is 12.8 Å². The fourth-order valence-electron chi connectivity index (χ4n) is 7.96. The van der Waals surface area contributed by atoms with E-state index in [-0.39, 0.29) is 6.71 Å². The Morgan fingerprint density at radius 1 is 0.521 bits per heavy atom. The molecular weight excluding hydrogens is 579 g/mol. The first kappa shape index (κ1) is 30.3. The van der Waals surface area contributed by atoms with Crippen molar-refractivity contribution in [3.63, 3.8) is 0 Å². The van der Waals surface area contributed by atoms with Gasteiger partial charge >= 0.3 is 0 Å². The largest absolute Gasteiger partial charge is 0.311 e. The van der Waals surface area contributed by atoms with E-state index in [9.17, 15) is 0 Å². The van der Waals surface area contributed by atoms with Gasteiger partial charge in [-0.1, -0.05) is 104 Å². The van der Waals surface area contributed by atoms with Crippen molar-refractivity contribution in [2.24, 2.45) is 0 Å². The lowest BCUT2D eigenvalue weighted by Crippen LogP contribution is -2.61. The monoisotopic (exact) mass is 622 g/mol. The lowest BCUT2D eigenvalue weighted by Gasteiger charge is -2.45. The molecule has 0 spiro atoms. The SMILES string of the molecule is CCCCc1ccc(N2c3ccc(C)cc3B3c4cc(C)ccc4N(c4ccc(CC)cc4-c4ccccc4)c4cc(C)cc2c43)cc1. The van der Waals surface area contributed by atoms with Crippen molar-refractivity contribution in [1.29, 1.82) is 0 Å². The van der Waals surface area contributed by atoms with Crippen LogP contribution in [0.25, 0.3) is 11.1 Å². The van der Waals surface area contributed by atoms with Crippen LogP contribution in [0.4, 0.5) is 34.1 Å². The van der Waals surface area contributed by atoms with Gasteiger partial charge < -0.3 is 9.80 Å². The molecule has 0 amide bonds. The standard InChI is InChI=1S/C45H43BN2/c1-6-8-12-34-17-20-36(21-18-34)47-41-22-15-30(3)25-38(41)46-39-26-31(4)16-23-42(39)48(44-28-32(5)27-43(47)45(44)46)40-24-19-33(7-2)29-37(40)35-13-10-9-11-14-35/h9-11,13-29H,6-8,12H2,1-5H3. The van der Waals surface area contributed by atoms with Crippen LogP contribution in [0, 0.1) is 20.8 Å². The average molecular weight is 623 g/mol. The fraction of sp³-hybridized carbons (Fsp3) is 0.200. The molecule has 0 N–H and O–H groups in total. The van der Waals surface area contributed by atoms with Crippen LogP contribution in [0.5, 0.6) is 0 Å². The molecule has 0 bridgehead atoms. The van der Waals surface area contributed by atoms with Gasteiger partial charge in [-0.05, 0) is 127 Å². The van der Waals surface area contributed by atoms with E-state index < -0.39 is 0 Å². The molecule has 0 atom stereocenters. The number of rotatable bonds is 7. The molecule has 0 fully saturated rings. The number of unbranched alkanes of at least 4 members (excludes halogenated alkanes) is 1. The van der Waals surface area contributed by atoms with E-state index >= 15 is 0 Å². The van der Waals surface area contributed by atoms with Crippen molar-refractivity contribution in [2.45, 2.75) is 60.3 Å². The van der Waals surface area contributed by atoms with Crippen molar-refractivity contribution in [1.82, 2.24) is 0 Å². The zero-order valence-electron chi connectivity index (χ0n) is 28.8. The van der Waals surface area contributed by atoms with Crippen LogP contribution in [0.2, 0.25) is 0 Å². The van der Waals surface area contributed by atoms with Crippen molar-refractivity contribution in [3.05, 3.63) is 149 Å². The summed E-state index contributed by atoms with van der Waals surface area (Å²) >= 11 is 0. The first-order chi connectivity index (χ1) is 23.4. The Bertz CT molecular complexity index is 2150. The molecule has 8 rings (SSSR count). The molecule has 6 aromatic carbocycles. The minimum atomic E-state index is 0.131. The van der Waals surface area contributed by atoms with Crippen molar-refractivity contribution >= 4 is 57.2 Å². The highest BCUT2D eigenvalue weighted by Crippen LogP contribution is 2.47. The first-order valence-electron chi connectivity index (χ1n) is 17.7. The van der Waals surface area contributed by atoms with Crippen LogP contribution < -0.4 is 26.2 Å². The third kappa shape index (κ3) is 5.04. The molecule has 2 heterocycles. The smallest absolute Gasteiger partial charge is 0.252 e. The molecule has 2 aliphatic rings.